The Morgan fingerprint density at radius 3 is 2.79 bits per heavy atom. The predicted molar refractivity (Wildman–Crippen MR) is 82.2 cm³/mol. The third-order valence-corrected chi connectivity index (χ3v) is 4.92. The smallest absolute Gasteiger partial charge is 0.252 e. The monoisotopic (exact) mass is 343 g/mol. The summed E-state index contributed by atoms with van der Waals surface area (Å²) in [5.74, 6) is 1.44. The van der Waals surface area contributed by atoms with Gasteiger partial charge in [-0.15, -0.1) is 0 Å². The molecule has 1 heterocycles. The largest absolute Gasteiger partial charge is 0.380 e. The molecular formula is C14H18BrNO2S. The van der Waals surface area contributed by atoms with Crippen molar-refractivity contribution in [2.45, 2.75) is 31.4 Å². The first-order valence-corrected chi connectivity index (χ1v) is 8.32. The van der Waals surface area contributed by atoms with Crippen molar-refractivity contribution in [2.75, 3.05) is 11.5 Å². The van der Waals surface area contributed by atoms with Crippen molar-refractivity contribution in [3.63, 3.8) is 0 Å². The molecule has 1 atom stereocenters. The highest BCUT2D eigenvalue weighted by molar-refractivity contribution is 9.10. The van der Waals surface area contributed by atoms with Gasteiger partial charge in [-0.2, -0.15) is 11.8 Å². The van der Waals surface area contributed by atoms with E-state index in [4.69, 9.17) is 0 Å². The van der Waals surface area contributed by atoms with Crippen LogP contribution in [0.1, 0.15) is 31.4 Å². The fourth-order valence-electron chi connectivity index (χ4n) is 2.13. The Bertz CT molecular complexity index is 461. The maximum Gasteiger partial charge on any atom is 0.252 e. The normalized spacial score (nSPS) is 19.7. The van der Waals surface area contributed by atoms with Crippen molar-refractivity contribution in [3.8, 4) is 0 Å². The average Bonchev–Trinajstić information content (AvgIpc) is 2.39. The summed E-state index contributed by atoms with van der Waals surface area (Å²) in [7, 11) is 0. The molecule has 0 saturated carbocycles. The van der Waals surface area contributed by atoms with Crippen molar-refractivity contribution in [3.05, 3.63) is 34.3 Å². The molecule has 0 spiro atoms. The van der Waals surface area contributed by atoms with Crippen LogP contribution in [0.3, 0.4) is 0 Å². The predicted octanol–water partition coefficient (Wildman–Crippen LogP) is 2.88. The summed E-state index contributed by atoms with van der Waals surface area (Å²) in [5, 5.41) is 13.3. The van der Waals surface area contributed by atoms with Crippen LogP contribution in [-0.4, -0.2) is 28.1 Å². The Morgan fingerprint density at radius 2 is 2.16 bits per heavy atom. The van der Waals surface area contributed by atoms with Gasteiger partial charge in [-0.1, -0.05) is 28.1 Å². The first-order chi connectivity index (χ1) is 9.01. The topological polar surface area (TPSA) is 49.3 Å². The van der Waals surface area contributed by atoms with Crippen LogP contribution in [-0.2, 0) is 4.79 Å². The number of hydrogen-bond donors (Lipinski definition) is 2. The fraction of sp³-hybridized carbons (Fsp3) is 0.500. The molecule has 1 aromatic rings. The number of benzene rings is 1. The summed E-state index contributed by atoms with van der Waals surface area (Å²) < 4.78 is 0.985. The minimum atomic E-state index is -1.19. The molecule has 0 aromatic heterocycles. The van der Waals surface area contributed by atoms with E-state index in [1.165, 1.54) is 0 Å². The number of carbonyl (C=O) groups is 1. The lowest BCUT2D eigenvalue weighted by Crippen LogP contribution is -2.49. The molecule has 1 aliphatic rings. The second kappa shape index (κ2) is 6.29. The van der Waals surface area contributed by atoms with Gasteiger partial charge in [0, 0.05) is 4.47 Å². The van der Waals surface area contributed by atoms with Crippen LogP contribution in [0.5, 0.6) is 0 Å². The maximum atomic E-state index is 12.2. The fourth-order valence-corrected chi connectivity index (χ4v) is 3.71. The van der Waals surface area contributed by atoms with Crippen molar-refractivity contribution < 1.29 is 9.90 Å². The Balaban J connectivity index is 2.02. The summed E-state index contributed by atoms with van der Waals surface area (Å²) in [6.07, 6.45) is 1.07. The lowest BCUT2D eigenvalue weighted by atomic mass is 9.95. The van der Waals surface area contributed by atoms with Gasteiger partial charge >= 0.3 is 0 Å². The third-order valence-electron chi connectivity index (χ3n) is 3.44. The molecule has 0 bridgehead atoms. The minimum absolute atomic E-state index is 0.108. The summed E-state index contributed by atoms with van der Waals surface area (Å²) in [5.41, 5.74) is -0.164. The summed E-state index contributed by atoms with van der Waals surface area (Å²) >= 11 is 5.20. The minimum Gasteiger partial charge on any atom is -0.380 e. The van der Waals surface area contributed by atoms with E-state index in [1.807, 2.05) is 31.2 Å². The molecule has 3 nitrogen and oxygen atoms in total. The van der Waals surface area contributed by atoms with Gasteiger partial charge in [-0.25, -0.2) is 0 Å². The van der Waals surface area contributed by atoms with Crippen molar-refractivity contribution in [1.29, 1.82) is 0 Å². The van der Waals surface area contributed by atoms with Gasteiger partial charge in [0.2, 0.25) is 0 Å². The van der Waals surface area contributed by atoms with Crippen LogP contribution in [0, 0.1) is 0 Å². The Hall–Kier alpha value is -0.520. The van der Waals surface area contributed by atoms with Crippen LogP contribution in [0.15, 0.2) is 28.7 Å². The van der Waals surface area contributed by atoms with Crippen molar-refractivity contribution in [1.82, 2.24) is 5.32 Å². The highest BCUT2D eigenvalue weighted by atomic mass is 79.9. The molecule has 1 unspecified atom stereocenters. The highest BCUT2D eigenvalue weighted by Gasteiger charge is 2.37. The highest BCUT2D eigenvalue weighted by Crippen LogP contribution is 2.28. The first kappa shape index (κ1) is 14.9. The van der Waals surface area contributed by atoms with Crippen LogP contribution in [0.25, 0.3) is 0 Å². The zero-order valence-electron chi connectivity index (χ0n) is 10.9. The van der Waals surface area contributed by atoms with Gasteiger partial charge in [-0.05, 0) is 49.0 Å². The molecule has 19 heavy (non-hydrogen) atoms. The summed E-state index contributed by atoms with van der Waals surface area (Å²) in [6.45, 7) is 1.93. The molecule has 0 aliphatic carbocycles. The SMILES string of the molecule is CC(NC(=O)C1(O)CCSCC1)c1cccc(Br)c1. The second-order valence-corrected chi connectivity index (χ2v) is 7.03. The van der Waals surface area contributed by atoms with E-state index in [0.29, 0.717) is 12.8 Å². The molecule has 0 radical (unpaired) electrons. The van der Waals surface area contributed by atoms with Crippen LogP contribution in [0.4, 0.5) is 0 Å². The van der Waals surface area contributed by atoms with Crippen LogP contribution in [0.2, 0.25) is 0 Å². The number of halogens is 1. The van der Waals surface area contributed by atoms with Crippen molar-refractivity contribution in [2.24, 2.45) is 0 Å². The van der Waals surface area contributed by atoms with E-state index in [9.17, 15) is 9.90 Å². The van der Waals surface area contributed by atoms with Gasteiger partial charge in [-0.3, -0.25) is 4.79 Å². The number of nitrogens with one attached hydrogen (secondary N) is 1. The standard InChI is InChI=1S/C14H18BrNO2S/c1-10(11-3-2-4-12(15)9-11)16-13(17)14(18)5-7-19-8-6-14/h2-4,9-10,18H,5-8H2,1H3,(H,16,17). The lowest BCUT2D eigenvalue weighted by Gasteiger charge is -2.31. The molecule has 1 aromatic carbocycles. The molecule has 1 saturated heterocycles. The number of carbonyl (C=O) groups excluding carboxylic acids is 1. The van der Waals surface area contributed by atoms with E-state index < -0.39 is 5.60 Å². The molecule has 1 aliphatic heterocycles. The van der Waals surface area contributed by atoms with Gasteiger partial charge in [0.1, 0.15) is 5.60 Å². The van der Waals surface area contributed by atoms with Gasteiger partial charge in [0.15, 0.2) is 0 Å². The third kappa shape index (κ3) is 3.74. The lowest BCUT2D eigenvalue weighted by molar-refractivity contribution is -0.141. The van der Waals surface area contributed by atoms with E-state index in [1.54, 1.807) is 11.8 Å². The maximum absolute atomic E-state index is 12.2. The summed E-state index contributed by atoms with van der Waals surface area (Å²) in [4.78, 5) is 12.2. The number of amides is 1. The first-order valence-electron chi connectivity index (χ1n) is 6.38. The number of hydrogen-bond acceptors (Lipinski definition) is 3. The van der Waals surface area contributed by atoms with Gasteiger partial charge in [0.05, 0.1) is 6.04 Å². The Morgan fingerprint density at radius 1 is 1.47 bits per heavy atom. The Labute approximate surface area is 126 Å². The summed E-state index contributed by atoms with van der Waals surface area (Å²) in [6, 6.07) is 7.73. The Kier molecular flexibility index (Phi) is 4.92. The van der Waals surface area contributed by atoms with Gasteiger partial charge in [0.25, 0.3) is 5.91 Å². The average molecular weight is 344 g/mol. The molecule has 1 amide bonds. The van der Waals surface area contributed by atoms with E-state index in [0.717, 1.165) is 21.5 Å². The molecule has 2 N–H and O–H groups in total. The number of thioether (sulfide) groups is 1. The molecule has 1 fully saturated rings. The van der Waals surface area contributed by atoms with Crippen LogP contribution >= 0.6 is 27.7 Å². The quantitative estimate of drug-likeness (QED) is 0.887. The number of aliphatic hydroxyl groups is 1. The van der Waals surface area contributed by atoms with Crippen LogP contribution < -0.4 is 5.32 Å². The zero-order chi connectivity index (χ0) is 13.9. The van der Waals surface area contributed by atoms with E-state index in [2.05, 4.69) is 21.2 Å². The molecular weight excluding hydrogens is 326 g/mol. The van der Waals surface area contributed by atoms with Gasteiger partial charge < -0.3 is 10.4 Å². The molecule has 104 valence electrons. The molecule has 5 heteroatoms. The zero-order valence-corrected chi connectivity index (χ0v) is 13.3. The van der Waals surface area contributed by atoms with E-state index in [-0.39, 0.29) is 11.9 Å². The second-order valence-electron chi connectivity index (χ2n) is 4.89. The number of rotatable bonds is 3. The van der Waals surface area contributed by atoms with E-state index >= 15 is 0 Å². The molecule has 2 rings (SSSR count). The van der Waals surface area contributed by atoms with Crippen molar-refractivity contribution >= 4 is 33.6 Å².